The summed E-state index contributed by atoms with van der Waals surface area (Å²) in [5.41, 5.74) is 2.08. The highest BCUT2D eigenvalue weighted by Crippen LogP contribution is 2.34. The van der Waals surface area contributed by atoms with Crippen LogP contribution in [0.25, 0.3) is 10.8 Å². The molecule has 1 aliphatic heterocycles. The third-order valence-corrected chi connectivity index (χ3v) is 6.34. The average molecular weight is 405 g/mol. The lowest BCUT2D eigenvalue weighted by Gasteiger charge is -2.29. The normalized spacial score (nSPS) is 13.2. The van der Waals surface area contributed by atoms with Gasteiger partial charge in [-0.05, 0) is 28.5 Å². The SMILES string of the molecule is CN(Cc1cccc2ccccc12)C(=O)CCC(=O)N1CCSc2ccccc21. The molecule has 2 amide bonds. The van der Waals surface area contributed by atoms with Crippen molar-refractivity contribution >= 4 is 40.0 Å². The average Bonchev–Trinajstić information content (AvgIpc) is 2.77. The summed E-state index contributed by atoms with van der Waals surface area (Å²) in [5.74, 6) is 0.896. The van der Waals surface area contributed by atoms with Gasteiger partial charge in [-0.2, -0.15) is 0 Å². The summed E-state index contributed by atoms with van der Waals surface area (Å²) in [7, 11) is 1.81. The number of benzene rings is 3. The van der Waals surface area contributed by atoms with E-state index in [2.05, 4.69) is 24.3 Å². The van der Waals surface area contributed by atoms with Gasteiger partial charge < -0.3 is 9.80 Å². The van der Waals surface area contributed by atoms with Crippen molar-refractivity contribution < 1.29 is 9.59 Å². The maximum Gasteiger partial charge on any atom is 0.227 e. The van der Waals surface area contributed by atoms with Crippen LogP contribution in [0.15, 0.2) is 71.6 Å². The number of hydrogen-bond acceptors (Lipinski definition) is 3. The topological polar surface area (TPSA) is 40.6 Å². The first-order valence-electron chi connectivity index (χ1n) is 9.86. The molecule has 29 heavy (non-hydrogen) atoms. The van der Waals surface area contributed by atoms with Gasteiger partial charge in [0.2, 0.25) is 11.8 Å². The molecule has 0 saturated heterocycles. The predicted molar refractivity (Wildman–Crippen MR) is 119 cm³/mol. The van der Waals surface area contributed by atoms with E-state index in [0.717, 1.165) is 27.3 Å². The molecule has 0 bridgehead atoms. The number of amides is 2. The van der Waals surface area contributed by atoms with Gasteiger partial charge in [0, 0.05) is 43.6 Å². The zero-order chi connectivity index (χ0) is 20.2. The number of carbonyl (C=O) groups is 2. The third-order valence-electron chi connectivity index (χ3n) is 5.30. The van der Waals surface area contributed by atoms with Crippen LogP contribution in [0.1, 0.15) is 18.4 Å². The highest BCUT2D eigenvalue weighted by Gasteiger charge is 2.23. The number of fused-ring (bicyclic) bond motifs is 2. The van der Waals surface area contributed by atoms with Crippen molar-refractivity contribution in [1.82, 2.24) is 4.90 Å². The summed E-state index contributed by atoms with van der Waals surface area (Å²) in [6.07, 6.45) is 0.462. The molecular weight excluding hydrogens is 380 g/mol. The molecule has 148 valence electrons. The van der Waals surface area contributed by atoms with E-state index in [0.29, 0.717) is 13.1 Å². The summed E-state index contributed by atoms with van der Waals surface area (Å²) in [6.45, 7) is 1.23. The van der Waals surface area contributed by atoms with Crippen LogP contribution in [0, 0.1) is 0 Å². The third kappa shape index (κ3) is 4.30. The fraction of sp³-hybridized carbons (Fsp3) is 0.250. The number of rotatable bonds is 5. The summed E-state index contributed by atoms with van der Waals surface area (Å²) >= 11 is 1.77. The van der Waals surface area contributed by atoms with E-state index in [4.69, 9.17) is 0 Å². The molecule has 4 rings (SSSR count). The zero-order valence-corrected chi connectivity index (χ0v) is 17.3. The van der Waals surface area contributed by atoms with Crippen LogP contribution in [-0.2, 0) is 16.1 Å². The molecule has 3 aromatic rings. The van der Waals surface area contributed by atoms with Crippen molar-refractivity contribution in [3.63, 3.8) is 0 Å². The van der Waals surface area contributed by atoms with E-state index in [1.54, 1.807) is 23.7 Å². The van der Waals surface area contributed by atoms with Gasteiger partial charge in [0.05, 0.1) is 5.69 Å². The zero-order valence-electron chi connectivity index (χ0n) is 16.5. The van der Waals surface area contributed by atoms with Gasteiger partial charge in [-0.3, -0.25) is 9.59 Å². The minimum Gasteiger partial charge on any atom is -0.341 e. The summed E-state index contributed by atoms with van der Waals surface area (Å²) in [4.78, 5) is 30.1. The lowest BCUT2D eigenvalue weighted by Crippen LogP contribution is -2.36. The van der Waals surface area contributed by atoms with Crippen molar-refractivity contribution in [2.24, 2.45) is 0 Å². The van der Waals surface area contributed by atoms with E-state index < -0.39 is 0 Å². The lowest BCUT2D eigenvalue weighted by atomic mass is 10.0. The largest absolute Gasteiger partial charge is 0.341 e. The van der Waals surface area contributed by atoms with Gasteiger partial charge in [0.25, 0.3) is 0 Å². The molecule has 0 fully saturated rings. The Balaban J connectivity index is 1.38. The van der Waals surface area contributed by atoms with Crippen LogP contribution in [-0.4, -0.2) is 36.1 Å². The molecular formula is C24H24N2O2S. The number of hydrogen-bond donors (Lipinski definition) is 0. The fourth-order valence-corrected chi connectivity index (χ4v) is 4.74. The van der Waals surface area contributed by atoms with Crippen LogP contribution in [0.4, 0.5) is 5.69 Å². The molecule has 1 heterocycles. The van der Waals surface area contributed by atoms with E-state index in [9.17, 15) is 9.59 Å². The van der Waals surface area contributed by atoms with E-state index in [1.165, 1.54) is 5.39 Å². The molecule has 1 aliphatic rings. The summed E-state index contributed by atoms with van der Waals surface area (Å²) in [6, 6.07) is 22.3. The molecule has 0 aromatic heterocycles. The number of anilines is 1. The molecule has 0 saturated carbocycles. The highest BCUT2D eigenvalue weighted by atomic mass is 32.2. The molecule has 3 aromatic carbocycles. The number of nitrogens with zero attached hydrogens (tertiary/aromatic N) is 2. The first-order valence-corrected chi connectivity index (χ1v) is 10.8. The first-order chi connectivity index (χ1) is 14.1. The number of para-hydroxylation sites is 1. The van der Waals surface area contributed by atoms with Gasteiger partial charge >= 0.3 is 0 Å². The van der Waals surface area contributed by atoms with E-state index in [-0.39, 0.29) is 24.7 Å². The Hall–Kier alpha value is -2.79. The Bertz CT molecular complexity index is 1040. The predicted octanol–water partition coefficient (Wildman–Crippen LogP) is 4.72. The number of carbonyl (C=O) groups excluding carboxylic acids is 2. The highest BCUT2D eigenvalue weighted by molar-refractivity contribution is 7.99. The van der Waals surface area contributed by atoms with E-state index >= 15 is 0 Å². The van der Waals surface area contributed by atoms with Crippen LogP contribution in [0.5, 0.6) is 0 Å². The maximum absolute atomic E-state index is 12.8. The molecule has 0 aliphatic carbocycles. The smallest absolute Gasteiger partial charge is 0.227 e. The van der Waals surface area contributed by atoms with E-state index in [1.807, 2.05) is 47.4 Å². The molecule has 0 unspecified atom stereocenters. The summed E-state index contributed by atoms with van der Waals surface area (Å²) in [5, 5.41) is 2.33. The minimum absolute atomic E-state index is 0.00838. The van der Waals surface area contributed by atoms with Crippen LogP contribution >= 0.6 is 11.8 Å². The van der Waals surface area contributed by atoms with Crippen molar-refractivity contribution in [1.29, 1.82) is 0 Å². The Morgan fingerprint density at radius 1 is 0.966 bits per heavy atom. The van der Waals surface area contributed by atoms with Crippen molar-refractivity contribution in [3.05, 3.63) is 72.3 Å². The van der Waals surface area contributed by atoms with Crippen LogP contribution in [0.2, 0.25) is 0 Å². The van der Waals surface area contributed by atoms with Crippen molar-refractivity contribution in [2.45, 2.75) is 24.3 Å². The monoisotopic (exact) mass is 404 g/mol. The van der Waals surface area contributed by atoms with Gasteiger partial charge in [0.15, 0.2) is 0 Å². The van der Waals surface area contributed by atoms with Crippen molar-refractivity contribution in [3.8, 4) is 0 Å². The minimum atomic E-state index is -0.00838. The number of thioether (sulfide) groups is 1. The van der Waals surface area contributed by atoms with Gasteiger partial charge in [0.1, 0.15) is 0 Å². The van der Waals surface area contributed by atoms with Crippen molar-refractivity contribution in [2.75, 3.05) is 24.2 Å². The first kappa shape index (κ1) is 19.5. The Morgan fingerprint density at radius 2 is 1.72 bits per heavy atom. The van der Waals surface area contributed by atoms with Crippen LogP contribution in [0.3, 0.4) is 0 Å². The standard InChI is InChI=1S/C24H24N2O2S/c1-25(17-19-9-6-8-18-7-2-3-10-20(18)19)23(27)13-14-24(28)26-15-16-29-22-12-5-4-11-21(22)26/h2-12H,13-17H2,1H3. The fourth-order valence-electron chi connectivity index (χ4n) is 3.74. The quantitative estimate of drug-likeness (QED) is 0.618. The second-order valence-corrected chi connectivity index (χ2v) is 8.39. The molecule has 0 N–H and O–H groups in total. The van der Waals surface area contributed by atoms with Crippen LogP contribution < -0.4 is 4.90 Å². The maximum atomic E-state index is 12.8. The Morgan fingerprint density at radius 3 is 2.62 bits per heavy atom. The van der Waals surface area contributed by atoms with Gasteiger partial charge in [-0.15, -0.1) is 11.8 Å². The second kappa shape index (κ2) is 8.70. The van der Waals surface area contributed by atoms with Gasteiger partial charge in [-0.1, -0.05) is 54.6 Å². The molecule has 5 heteroatoms. The Kier molecular flexibility index (Phi) is 5.86. The van der Waals surface area contributed by atoms with Gasteiger partial charge in [-0.25, -0.2) is 0 Å². The summed E-state index contributed by atoms with van der Waals surface area (Å²) < 4.78 is 0. The second-order valence-electron chi connectivity index (χ2n) is 7.25. The lowest BCUT2D eigenvalue weighted by molar-refractivity contribution is -0.132. The Labute approximate surface area is 175 Å². The molecule has 0 atom stereocenters. The molecule has 0 radical (unpaired) electrons. The molecule has 4 nitrogen and oxygen atoms in total. The molecule has 0 spiro atoms.